The third kappa shape index (κ3) is 3.96. The Hall–Kier alpha value is -3.32. The molecule has 0 aromatic carbocycles. The minimum Gasteiger partial charge on any atom is -0.481 e. The van der Waals surface area contributed by atoms with E-state index in [0.717, 1.165) is 11.3 Å². The molecule has 168 valence electrons. The Balaban J connectivity index is 1.46. The number of thioether (sulfide) groups is 1. The van der Waals surface area contributed by atoms with Crippen molar-refractivity contribution in [2.45, 2.75) is 11.4 Å². The van der Waals surface area contributed by atoms with Crippen molar-refractivity contribution in [3.8, 4) is 0 Å². The largest absolute Gasteiger partial charge is 0.481 e. The molecule has 0 radical (unpaired) electrons. The number of β-lactam (4-membered cyclic amide) rings is 1. The molecule has 4 heterocycles. The zero-order valence-electron chi connectivity index (χ0n) is 16.8. The summed E-state index contributed by atoms with van der Waals surface area (Å²) in [4.78, 5) is 47.8. The molecule has 2 aliphatic rings. The summed E-state index contributed by atoms with van der Waals surface area (Å²) in [6, 6.07) is 2.60. The summed E-state index contributed by atoms with van der Waals surface area (Å²) >= 11 is 2.43. The molecule has 3 atom stereocenters. The number of nitrogen functional groups attached to an aromatic ring is 1. The Morgan fingerprint density at radius 3 is 2.97 bits per heavy atom. The molecule has 0 bridgehead atoms. The van der Waals surface area contributed by atoms with Crippen LogP contribution in [0.15, 0.2) is 39.4 Å². The number of nitrogens with zero attached hydrogens (tertiary/aromatic N) is 3. The zero-order valence-corrected chi connectivity index (χ0v) is 18.4. The first kappa shape index (κ1) is 21.9. The van der Waals surface area contributed by atoms with E-state index < -0.39 is 23.3 Å². The van der Waals surface area contributed by atoms with Crippen LogP contribution in [0.25, 0.3) is 6.08 Å². The van der Waals surface area contributed by atoms with E-state index in [0.29, 0.717) is 5.76 Å². The highest BCUT2D eigenvalue weighted by molar-refractivity contribution is 8.00. The monoisotopic (exact) mass is 477 g/mol. The zero-order chi connectivity index (χ0) is 22.9. The number of amides is 2. The highest BCUT2D eigenvalue weighted by atomic mass is 32.2. The molecule has 0 saturated carbocycles. The number of hydrogen-bond acceptors (Lipinski definition) is 10. The Morgan fingerprint density at radius 1 is 1.53 bits per heavy atom. The third-order valence-corrected chi connectivity index (χ3v) is 7.31. The number of fused-ring (bicyclic) bond motifs is 1. The summed E-state index contributed by atoms with van der Waals surface area (Å²) in [5, 5.41) is 17.6. The van der Waals surface area contributed by atoms with Crippen LogP contribution in [0, 0.1) is 5.41 Å². The molecule has 0 aliphatic carbocycles. The first-order chi connectivity index (χ1) is 15.3. The lowest BCUT2D eigenvalue weighted by Gasteiger charge is -2.53. The quantitative estimate of drug-likeness (QED) is 0.298. The second-order valence-electron chi connectivity index (χ2n) is 7.12. The van der Waals surface area contributed by atoms with Crippen LogP contribution >= 0.6 is 23.1 Å². The van der Waals surface area contributed by atoms with E-state index in [1.54, 1.807) is 29.7 Å². The summed E-state index contributed by atoms with van der Waals surface area (Å²) < 4.78 is 5.23. The van der Waals surface area contributed by atoms with Gasteiger partial charge in [-0.2, -0.15) is 0 Å². The predicted molar refractivity (Wildman–Crippen MR) is 118 cm³/mol. The SMILES string of the molecule is CON=C(C(=O)NC1C(=O)N2CC(C=Cc3ccco3)(C(=O)O)CS[C@H]12)c1csc(N)n1. The van der Waals surface area contributed by atoms with E-state index in [9.17, 15) is 19.5 Å². The average Bonchev–Trinajstić information content (AvgIpc) is 3.45. The number of carbonyl (C=O) groups excluding carboxylic acids is 2. The number of carbonyl (C=O) groups is 3. The van der Waals surface area contributed by atoms with E-state index in [-0.39, 0.29) is 40.1 Å². The summed E-state index contributed by atoms with van der Waals surface area (Å²) in [6.07, 6.45) is 4.63. The van der Waals surface area contributed by atoms with Crippen LogP contribution in [0.2, 0.25) is 0 Å². The van der Waals surface area contributed by atoms with Gasteiger partial charge in [-0.1, -0.05) is 11.2 Å². The minimum atomic E-state index is -1.26. The molecule has 2 aliphatic heterocycles. The summed E-state index contributed by atoms with van der Waals surface area (Å²) in [5.41, 5.74) is 4.49. The van der Waals surface area contributed by atoms with Crippen LogP contribution in [0.3, 0.4) is 0 Å². The lowest BCUT2D eigenvalue weighted by atomic mass is 9.86. The number of nitrogens with two attached hydrogens (primary N) is 1. The molecule has 0 spiro atoms. The van der Waals surface area contributed by atoms with Crippen molar-refractivity contribution >= 4 is 57.8 Å². The van der Waals surface area contributed by atoms with E-state index in [1.165, 1.54) is 30.0 Å². The molecule has 13 heteroatoms. The number of anilines is 1. The van der Waals surface area contributed by atoms with E-state index in [4.69, 9.17) is 15.0 Å². The first-order valence-electron chi connectivity index (χ1n) is 9.36. The van der Waals surface area contributed by atoms with Crippen LogP contribution in [0.4, 0.5) is 5.13 Å². The van der Waals surface area contributed by atoms with Crippen molar-refractivity contribution in [1.29, 1.82) is 0 Å². The Bertz CT molecular complexity index is 1100. The van der Waals surface area contributed by atoms with Gasteiger partial charge in [0.05, 0.1) is 6.26 Å². The van der Waals surface area contributed by atoms with Crippen molar-refractivity contribution in [2.24, 2.45) is 10.6 Å². The molecular weight excluding hydrogens is 458 g/mol. The predicted octanol–water partition coefficient (Wildman–Crippen LogP) is 0.853. The van der Waals surface area contributed by atoms with Crippen LogP contribution in [-0.2, 0) is 19.2 Å². The van der Waals surface area contributed by atoms with Crippen molar-refractivity contribution < 1.29 is 28.7 Å². The van der Waals surface area contributed by atoms with Crippen LogP contribution < -0.4 is 11.1 Å². The summed E-state index contributed by atoms with van der Waals surface area (Å²) in [7, 11) is 1.29. The fraction of sp³-hybridized carbons (Fsp3) is 0.316. The van der Waals surface area contributed by atoms with Crippen LogP contribution in [-0.4, -0.2) is 69.3 Å². The highest BCUT2D eigenvalue weighted by Gasteiger charge is 2.57. The number of hydrogen-bond donors (Lipinski definition) is 3. The Kier molecular flexibility index (Phi) is 5.93. The van der Waals surface area contributed by atoms with Gasteiger partial charge in [0.15, 0.2) is 10.8 Å². The van der Waals surface area contributed by atoms with Crippen molar-refractivity contribution in [3.05, 3.63) is 41.3 Å². The fourth-order valence-corrected chi connectivity index (χ4v) is 5.49. The fourth-order valence-electron chi connectivity index (χ4n) is 3.43. The molecule has 32 heavy (non-hydrogen) atoms. The van der Waals surface area contributed by atoms with Gasteiger partial charge in [-0.25, -0.2) is 4.98 Å². The van der Waals surface area contributed by atoms with Gasteiger partial charge in [0, 0.05) is 17.7 Å². The molecule has 2 unspecified atom stereocenters. The minimum absolute atomic E-state index is 0.00987. The van der Waals surface area contributed by atoms with Crippen LogP contribution in [0.5, 0.6) is 0 Å². The number of nitrogens with one attached hydrogen (secondary N) is 1. The van der Waals surface area contributed by atoms with Crippen LogP contribution in [0.1, 0.15) is 11.5 Å². The number of aliphatic carboxylic acids is 1. The topological polar surface area (TPSA) is 160 Å². The summed E-state index contributed by atoms with van der Waals surface area (Å²) in [6.45, 7) is -0.00987. The second-order valence-corrected chi connectivity index (χ2v) is 9.12. The Morgan fingerprint density at radius 2 is 2.34 bits per heavy atom. The number of furan rings is 1. The van der Waals surface area contributed by atoms with Gasteiger partial charge in [0.1, 0.15) is 35.4 Å². The van der Waals surface area contributed by atoms with Gasteiger partial charge in [-0.3, -0.25) is 14.4 Å². The lowest BCUT2D eigenvalue weighted by molar-refractivity contribution is -0.155. The molecule has 2 aromatic heterocycles. The maximum absolute atomic E-state index is 12.8. The third-order valence-electron chi connectivity index (χ3n) is 5.09. The smallest absolute Gasteiger partial charge is 0.316 e. The number of carboxylic acids is 1. The second kappa shape index (κ2) is 8.67. The maximum atomic E-state index is 12.8. The van der Waals surface area contributed by atoms with Gasteiger partial charge in [0.25, 0.3) is 5.91 Å². The van der Waals surface area contributed by atoms with Gasteiger partial charge >= 0.3 is 5.97 Å². The Labute approximate surface area is 190 Å². The molecule has 11 nitrogen and oxygen atoms in total. The van der Waals surface area contributed by atoms with E-state index >= 15 is 0 Å². The number of thiazole rings is 1. The normalized spacial score (nSPS) is 25.3. The van der Waals surface area contributed by atoms with Crippen molar-refractivity contribution in [1.82, 2.24) is 15.2 Å². The molecule has 4 rings (SSSR count). The first-order valence-corrected chi connectivity index (χ1v) is 11.3. The standard InChI is InChI=1S/C19H19N5O6S2/c1-29-23-12(11-7-31-18(20)21-11)14(25)22-13-15(26)24-8-19(17(27)28,9-32-16(13)24)5-4-10-3-2-6-30-10/h2-7,13,16H,8-9H2,1H3,(H2,20,21)(H,22,25)(H,27,28)/t13?,16-,19?/m1/s1. The van der Waals surface area contributed by atoms with Gasteiger partial charge < -0.3 is 30.3 Å². The van der Waals surface area contributed by atoms with Crippen molar-refractivity contribution in [3.63, 3.8) is 0 Å². The van der Waals surface area contributed by atoms with Gasteiger partial charge in [-0.05, 0) is 18.2 Å². The van der Waals surface area contributed by atoms with Crippen molar-refractivity contribution in [2.75, 3.05) is 25.1 Å². The number of carboxylic acid groups (broad SMARTS) is 1. The number of rotatable bonds is 7. The molecule has 2 aromatic rings. The van der Waals surface area contributed by atoms with Gasteiger partial charge in [-0.15, -0.1) is 23.1 Å². The van der Waals surface area contributed by atoms with Gasteiger partial charge in [0.2, 0.25) is 5.91 Å². The number of aromatic nitrogens is 1. The van der Waals surface area contributed by atoms with E-state index in [1.807, 2.05) is 0 Å². The molecule has 2 saturated heterocycles. The molecule has 2 fully saturated rings. The lowest BCUT2D eigenvalue weighted by Crippen LogP contribution is -2.73. The average molecular weight is 478 g/mol. The summed E-state index contributed by atoms with van der Waals surface area (Å²) in [5.74, 6) is -1.31. The molecule has 2 amide bonds. The molecule has 4 N–H and O–H groups in total. The van der Waals surface area contributed by atoms with E-state index in [2.05, 4.69) is 15.5 Å². The molecular formula is C19H19N5O6S2. The highest BCUT2D eigenvalue weighted by Crippen LogP contribution is 2.43. The maximum Gasteiger partial charge on any atom is 0.316 e. The number of oxime groups is 1.